The predicted octanol–water partition coefficient (Wildman–Crippen LogP) is 6.38. The number of hydrogen-bond donors (Lipinski definition) is 1. The number of unbranched alkanes of at least 4 members (excludes halogenated alkanes) is 1. The number of aryl methyl sites for hydroxylation is 1. The number of hydrogen-bond acceptors (Lipinski definition) is 4. The van der Waals surface area contributed by atoms with Crippen molar-refractivity contribution in [3.63, 3.8) is 0 Å². The van der Waals surface area contributed by atoms with E-state index in [-0.39, 0.29) is 18.2 Å². The molecule has 188 valence electrons. The lowest BCUT2D eigenvalue weighted by Crippen LogP contribution is -2.28. The Labute approximate surface area is 220 Å². The number of amides is 1. The van der Waals surface area contributed by atoms with Crippen molar-refractivity contribution in [2.24, 2.45) is 0 Å². The molecule has 1 aliphatic rings. The zero-order chi connectivity index (χ0) is 25.8. The van der Waals surface area contributed by atoms with Gasteiger partial charge in [-0.25, -0.2) is 9.97 Å². The fraction of sp³-hybridized carbons (Fsp3) is 0.267. The van der Waals surface area contributed by atoms with Crippen LogP contribution in [0, 0.1) is 0 Å². The van der Waals surface area contributed by atoms with E-state index in [4.69, 9.17) is 26.7 Å². The average molecular weight is 514 g/mol. The SMILES string of the molecule is O=C(O)CCCCc1nc2cc(C(=O)N3CCC(c4cccc(Cl)c4)C3)ccc2nc1-c1ccccc1. The van der Waals surface area contributed by atoms with Gasteiger partial charge in [-0.05, 0) is 61.6 Å². The maximum atomic E-state index is 13.4. The Morgan fingerprint density at radius 2 is 1.78 bits per heavy atom. The zero-order valence-corrected chi connectivity index (χ0v) is 21.2. The summed E-state index contributed by atoms with van der Waals surface area (Å²) in [5.41, 5.74) is 5.73. The number of likely N-dealkylation sites (tertiary alicyclic amines) is 1. The number of halogens is 1. The van der Waals surface area contributed by atoms with Crippen LogP contribution in [0.25, 0.3) is 22.3 Å². The van der Waals surface area contributed by atoms with E-state index in [0.717, 1.165) is 34.5 Å². The van der Waals surface area contributed by atoms with Gasteiger partial charge in [-0.3, -0.25) is 9.59 Å². The van der Waals surface area contributed by atoms with Crippen LogP contribution in [0.4, 0.5) is 0 Å². The monoisotopic (exact) mass is 513 g/mol. The first kappa shape index (κ1) is 24.9. The summed E-state index contributed by atoms with van der Waals surface area (Å²) in [5.74, 6) is -0.535. The molecular weight excluding hydrogens is 486 g/mol. The second-order valence-electron chi connectivity index (χ2n) is 9.48. The summed E-state index contributed by atoms with van der Waals surface area (Å²) in [5, 5.41) is 9.69. The highest BCUT2D eigenvalue weighted by molar-refractivity contribution is 6.30. The fourth-order valence-corrected chi connectivity index (χ4v) is 5.15. The third kappa shape index (κ3) is 5.81. The largest absolute Gasteiger partial charge is 0.481 e. The van der Waals surface area contributed by atoms with Crippen molar-refractivity contribution < 1.29 is 14.7 Å². The molecule has 1 amide bonds. The van der Waals surface area contributed by atoms with Gasteiger partial charge in [0.25, 0.3) is 5.91 Å². The van der Waals surface area contributed by atoms with Crippen LogP contribution in [0.15, 0.2) is 72.8 Å². The summed E-state index contributed by atoms with van der Waals surface area (Å²) in [6.45, 7) is 1.35. The number of carboxylic acids is 1. The molecule has 2 heterocycles. The first-order valence-corrected chi connectivity index (χ1v) is 13.0. The summed E-state index contributed by atoms with van der Waals surface area (Å²) in [6, 6.07) is 23.3. The minimum absolute atomic E-state index is 0.0108. The van der Waals surface area contributed by atoms with Crippen molar-refractivity contribution >= 4 is 34.5 Å². The van der Waals surface area contributed by atoms with Crippen molar-refractivity contribution in [2.75, 3.05) is 13.1 Å². The van der Waals surface area contributed by atoms with Gasteiger partial charge in [0.2, 0.25) is 0 Å². The highest BCUT2D eigenvalue weighted by atomic mass is 35.5. The number of carboxylic acid groups (broad SMARTS) is 1. The normalized spacial score (nSPS) is 15.3. The second kappa shape index (κ2) is 11.1. The highest BCUT2D eigenvalue weighted by Gasteiger charge is 2.28. The molecule has 1 unspecified atom stereocenters. The van der Waals surface area contributed by atoms with Gasteiger partial charge in [0, 0.05) is 41.6 Å². The molecule has 3 aromatic carbocycles. The number of carbonyl (C=O) groups is 2. The van der Waals surface area contributed by atoms with Crippen LogP contribution in [0.1, 0.15) is 53.2 Å². The third-order valence-corrected chi connectivity index (χ3v) is 7.12. The molecule has 1 saturated heterocycles. The Balaban J connectivity index is 1.40. The Morgan fingerprint density at radius 1 is 0.946 bits per heavy atom. The van der Waals surface area contributed by atoms with Crippen molar-refractivity contribution in [1.29, 1.82) is 0 Å². The van der Waals surface area contributed by atoms with E-state index in [1.807, 2.05) is 71.6 Å². The number of fused-ring (bicyclic) bond motifs is 1. The summed E-state index contributed by atoms with van der Waals surface area (Å²) < 4.78 is 0. The molecule has 1 aliphatic heterocycles. The van der Waals surface area contributed by atoms with Crippen LogP contribution < -0.4 is 0 Å². The number of carbonyl (C=O) groups excluding carboxylic acids is 1. The molecular formula is C30H28ClN3O3. The van der Waals surface area contributed by atoms with E-state index in [9.17, 15) is 9.59 Å². The molecule has 7 heteroatoms. The maximum Gasteiger partial charge on any atom is 0.303 e. The second-order valence-corrected chi connectivity index (χ2v) is 9.92. The van der Waals surface area contributed by atoms with Gasteiger partial charge < -0.3 is 10.0 Å². The van der Waals surface area contributed by atoms with E-state index < -0.39 is 5.97 Å². The van der Waals surface area contributed by atoms with Gasteiger partial charge in [-0.15, -0.1) is 0 Å². The number of aromatic nitrogens is 2. The lowest BCUT2D eigenvalue weighted by molar-refractivity contribution is -0.137. The van der Waals surface area contributed by atoms with Crippen molar-refractivity contribution in [2.45, 2.75) is 38.0 Å². The summed E-state index contributed by atoms with van der Waals surface area (Å²) in [7, 11) is 0. The molecule has 4 aromatic rings. The summed E-state index contributed by atoms with van der Waals surface area (Å²) in [6.07, 6.45) is 2.92. The van der Waals surface area contributed by atoms with E-state index in [0.29, 0.717) is 48.5 Å². The van der Waals surface area contributed by atoms with Crippen LogP contribution in [-0.2, 0) is 11.2 Å². The van der Waals surface area contributed by atoms with E-state index >= 15 is 0 Å². The standard InChI is InChI=1S/C30H28ClN3O3/c31-24-10-6-9-21(17-24)23-15-16-34(19-23)30(37)22-13-14-25-27(18-22)32-26(11-4-5-12-28(35)36)29(33-25)20-7-2-1-3-8-20/h1-3,6-10,13-14,17-18,23H,4-5,11-12,15-16,19H2,(H,35,36). The molecule has 0 bridgehead atoms. The van der Waals surface area contributed by atoms with Gasteiger partial charge in [-0.1, -0.05) is 54.1 Å². The Bertz CT molecular complexity index is 1440. The fourth-order valence-electron chi connectivity index (χ4n) is 4.95. The summed E-state index contributed by atoms with van der Waals surface area (Å²) in [4.78, 5) is 36.0. The molecule has 37 heavy (non-hydrogen) atoms. The molecule has 0 spiro atoms. The minimum Gasteiger partial charge on any atom is -0.481 e. The Hall–Kier alpha value is -3.77. The molecule has 6 nitrogen and oxygen atoms in total. The minimum atomic E-state index is -0.796. The van der Waals surface area contributed by atoms with E-state index in [2.05, 4.69) is 6.07 Å². The van der Waals surface area contributed by atoms with Crippen molar-refractivity contribution in [3.8, 4) is 11.3 Å². The van der Waals surface area contributed by atoms with Crippen LogP contribution in [-0.4, -0.2) is 44.9 Å². The lowest BCUT2D eigenvalue weighted by Gasteiger charge is -2.17. The maximum absolute atomic E-state index is 13.4. The van der Waals surface area contributed by atoms with Gasteiger partial charge in [0.1, 0.15) is 0 Å². The summed E-state index contributed by atoms with van der Waals surface area (Å²) >= 11 is 6.17. The number of rotatable bonds is 8. The first-order valence-electron chi connectivity index (χ1n) is 12.6. The number of nitrogens with zero attached hydrogens (tertiary/aromatic N) is 3. The molecule has 1 fully saturated rings. The van der Waals surface area contributed by atoms with E-state index in [1.54, 1.807) is 0 Å². The topological polar surface area (TPSA) is 83.4 Å². The third-order valence-electron chi connectivity index (χ3n) is 6.88. The predicted molar refractivity (Wildman–Crippen MR) is 145 cm³/mol. The Morgan fingerprint density at radius 3 is 2.57 bits per heavy atom. The molecule has 0 radical (unpaired) electrons. The van der Waals surface area contributed by atoms with Gasteiger partial charge in [-0.2, -0.15) is 0 Å². The number of benzene rings is 3. The van der Waals surface area contributed by atoms with Crippen molar-refractivity contribution in [1.82, 2.24) is 14.9 Å². The highest BCUT2D eigenvalue weighted by Crippen LogP contribution is 2.30. The molecule has 1 aromatic heterocycles. The zero-order valence-electron chi connectivity index (χ0n) is 20.4. The van der Waals surface area contributed by atoms with Crippen LogP contribution in [0.3, 0.4) is 0 Å². The van der Waals surface area contributed by atoms with Crippen LogP contribution >= 0.6 is 11.6 Å². The average Bonchev–Trinajstić information content (AvgIpc) is 3.41. The van der Waals surface area contributed by atoms with Crippen LogP contribution in [0.2, 0.25) is 5.02 Å². The quantitative estimate of drug-likeness (QED) is 0.276. The number of aliphatic carboxylic acids is 1. The van der Waals surface area contributed by atoms with E-state index in [1.165, 1.54) is 0 Å². The van der Waals surface area contributed by atoms with Gasteiger partial charge in [0.05, 0.1) is 22.4 Å². The molecule has 1 N–H and O–H groups in total. The molecule has 1 atom stereocenters. The smallest absolute Gasteiger partial charge is 0.303 e. The first-order chi connectivity index (χ1) is 18.0. The molecule has 0 aliphatic carbocycles. The van der Waals surface area contributed by atoms with Gasteiger partial charge >= 0.3 is 5.97 Å². The van der Waals surface area contributed by atoms with Gasteiger partial charge in [0.15, 0.2) is 0 Å². The lowest BCUT2D eigenvalue weighted by atomic mass is 9.99. The van der Waals surface area contributed by atoms with Crippen LogP contribution in [0.5, 0.6) is 0 Å². The molecule has 5 rings (SSSR count). The Kier molecular flexibility index (Phi) is 7.47. The molecule has 0 saturated carbocycles. The van der Waals surface area contributed by atoms with Crippen molar-refractivity contribution in [3.05, 3.63) is 94.6 Å².